The van der Waals surface area contributed by atoms with Crippen LogP contribution in [0.15, 0.2) is 30.6 Å². The molecule has 0 saturated carbocycles. The van der Waals surface area contributed by atoms with E-state index < -0.39 is 0 Å². The minimum atomic E-state index is 0.608. The number of hydrogen-bond acceptors (Lipinski definition) is 3. The highest BCUT2D eigenvalue weighted by Crippen LogP contribution is 2.33. The highest BCUT2D eigenvalue weighted by atomic mass is 16.5. The van der Waals surface area contributed by atoms with Crippen LogP contribution < -0.4 is 10.1 Å². The van der Waals surface area contributed by atoms with Gasteiger partial charge in [-0.05, 0) is 48.4 Å². The van der Waals surface area contributed by atoms with Crippen molar-refractivity contribution in [1.82, 2.24) is 15.1 Å². The standard InChI is InChI=1S/C17H23N3O/c1-20-12-13(10-19-20)9-18-11-15-5-3-4-14-8-16(21-2)6-7-17(14)15/h6-8,10,12,15,18H,3-5,9,11H2,1-2H3/t15-/m0/s1. The zero-order valence-electron chi connectivity index (χ0n) is 12.8. The van der Waals surface area contributed by atoms with E-state index in [1.165, 1.54) is 36.0 Å². The Labute approximate surface area is 126 Å². The van der Waals surface area contributed by atoms with Crippen molar-refractivity contribution in [3.05, 3.63) is 47.3 Å². The molecule has 4 nitrogen and oxygen atoms in total. The highest BCUT2D eigenvalue weighted by Gasteiger charge is 2.20. The number of methoxy groups -OCH3 is 1. The molecule has 112 valence electrons. The fourth-order valence-electron chi connectivity index (χ4n) is 3.18. The van der Waals surface area contributed by atoms with Gasteiger partial charge >= 0.3 is 0 Å². The van der Waals surface area contributed by atoms with Gasteiger partial charge in [0.15, 0.2) is 0 Å². The molecule has 3 rings (SSSR count). The number of nitrogens with one attached hydrogen (secondary N) is 1. The lowest BCUT2D eigenvalue weighted by atomic mass is 9.82. The Morgan fingerprint density at radius 1 is 1.43 bits per heavy atom. The van der Waals surface area contributed by atoms with Gasteiger partial charge in [0.25, 0.3) is 0 Å². The van der Waals surface area contributed by atoms with Crippen LogP contribution >= 0.6 is 0 Å². The van der Waals surface area contributed by atoms with Gasteiger partial charge in [-0.1, -0.05) is 6.07 Å². The number of benzene rings is 1. The van der Waals surface area contributed by atoms with Crippen molar-refractivity contribution >= 4 is 0 Å². The molecule has 1 aromatic heterocycles. The maximum atomic E-state index is 5.33. The number of ether oxygens (including phenoxy) is 1. The average molecular weight is 285 g/mol. The molecule has 0 unspecified atom stereocenters. The van der Waals surface area contributed by atoms with Crippen LogP contribution in [0.25, 0.3) is 0 Å². The maximum absolute atomic E-state index is 5.33. The first kappa shape index (κ1) is 14.1. The first-order valence-electron chi connectivity index (χ1n) is 7.61. The predicted octanol–water partition coefficient (Wildman–Crippen LogP) is 2.64. The van der Waals surface area contributed by atoms with Gasteiger partial charge in [0, 0.05) is 31.9 Å². The molecule has 4 heteroatoms. The van der Waals surface area contributed by atoms with Crippen LogP contribution in [0.1, 0.15) is 35.4 Å². The van der Waals surface area contributed by atoms with Crippen molar-refractivity contribution in [2.24, 2.45) is 7.05 Å². The van der Waals surface area contributed by atoms with Crippen LogP contribution in [-0.2, 0) is 20.0 Å². The smallest absolute Gasteiger partial charge is 0.119 e. The summed E-state index contributed by atoms with van der Waals surface area (Å²) in [7, 11) is 3.69. The Morgan fingerprint density at radius 2 is 2.33 bits per heavy atom. The van der Waals surface area contributed by atoms with Crippen LogP contribution in [0.3, 0.4) is 0 Å². The van der Waals surface area contributed by atoms with Gasteiger partial charge in [-0.15, -0.1) is 0 Å². The van der Waals surface area contributed by atoms with Gasteiger partial charge in [0.05, 0.1) is 13.3 Å². The second kappa shape index (κ2) is 6.31. The Balaban J connectivity index is 1.62. The molecule has 0 amide bonds. The third-order valence-electron chi connectivity index (χ3n) is 4.27. The molecule has 0 fully saturated rings. The molecule has 21 heavy (non-hydrogen) atoms. The number of fused-ring (bicyclic) bond motifs is 1. The Kier molecular flexibility index (Phi) is 4.25. The van der Waals surface area contributed by atoms with E-state index in [1.807, 2.05) is 17.9 Å². The summed E-state index contributed by atoms with van der Waals surface area (Å²) in [5, 5.41) is 7.77. The van der Waals surface area contributed by atoms with Crippen LogP contribution in [0.5, 0.6) is 5.75 Å². The predicted molar refractivity (Wildman–Crippen MR) is 83.6 cm³/mol. The molecule has 1 atom stereocenters. The number of aromatic nitrogens is 2. The Morgan fingerprint density at radius 3 is 3.10 bits per heavy atom. The quantitative estimate of drug-likeness (QED) is 0.918. The minimum absolute atomic E-state index is 0.608. The van der Waals surface area contributed by atoms with Crippen molar-refractivity contribution in [3.63, 3.8) is 0 Å². The topological polar surface area (TPSA) is 39.1 Å². The molecule has 1 aliphatic carbocycles. The lowest BCUT2D eigenvalue weighted by Crippen LogP contribution is -2.24. The van der Waals surface area contributed by atoms with Gasteiger partial charge in [0.2, 0.25) is 0 Å². The lowest BCUT2D eigenvalue weighted by Gasteiger charge is -2.26. The molecule has 1 aromatic carbocycles. The molecule has 1 heterocycles. The third-order valence-corrected chi connectivity index (χ3v) is 4.27. The summed E-state index contributed by atoms with van der Waals surface area (Å²) in [5.41, 5.74) is 4.18. The van der Waals surface area contributed by atoms with E-state index >= 15 is 0 Å². The van der Waals surface area contributed by atoms with Gasteiger partial charge in [0.1, 0.15) is 5.75 Å². The fourth-order valence-corrected chi connectivity index (χ4v) is 3.18. The summed E-state index contributed by atoms with van der Waals surface area (Å²) in [6, 6.07) is 6.52. The summed E-state index contributed by atoms with van der Waals surface area (Å²) >= 11 is 0. The normalized spacial score (nSPS) is 17.5. The second-order valence-corrected chi connectivity index (χ2v) is 5.81. The molecule has 0 spiro atoms. The van der Waals surface area contributed by atoms with Crippen molar-refractivity contribution in [2.45, 2.75) is 31.7 Å². The molecular weight excluding hydrogens is 262 g/mol. The van der Waals surface area contributed by atoms with Crippen LogP contribution in [0.2, 0.25) is 0 Å². The molecule has 0 saturated heterocycles. The lowest BCUT2D eigenvalue weighted by molar-refractivity contribution is 0.412. The number of aryl methyl sites for hydroxylation is 2. The minimum Gasteiger partial charge on any atom is -0.497 e. The monoisotopic (exact) mass is 285 g/mol. The van der Waals surface area contributed by atoms with Crippen LogP contribution in [0, 0.1) is 0 Å². The average Bonchev–Trinajstić information content (AvgIpc) is 2.92. The molecule has 0 bridgehead atoms. The number of rotatable bonds is 5. The first-order chi connectivity index (χ1) is 10.3. The highest BCUT2D eigenvalue weighted by molar-refractivity contribution is 5.39. The van der Waals surface area contributed by atoms with E-state index in [4.69, 9.17) is 4.74 Å². The van der Waals surface area contributed by atoms with Gasteiger partial charge in [-0.3, -0.25) is 4.68 Å². The van der Waals surface area contributed by atoms with E-state index in [9.17, 15) is 0 Å². The largest absolute Gasteiger partial charge is 0.497 e. The van der Waals surface area contributed by atoms with Crippen molar-refractivity contribution in [3.8, 4) is 5.75 Å². The molecule has 2 aromatic rings. The Hall–Kier alpha value is -1.81. The molecule has 1 N–H and O–H groups in total. The van der Waals surface area contributed by atoms with E-state index in [2.05, 4.69) is 34.8 Å². The number of nitrogens with zero attached hydrogens (tertiary/aromatic N) is 2. The van der Waals surface area contributed by atoms with E-state index in [0.29, 0.717) is 5.92 Å². The Bertz CT molecular complexity index is 606. The summed E-state index contributed by atoms with van der Waals surface area (Å²) < 4.78 is 7.18. The van der Waals surface area contributed by atoms with Gasteiger partial charge in [-0.25, -0.2) is 0 Å². The van der Waals surface area contributed by atoms with E-state index in [0.717, 1.165) is 18.8 Å². The van der Waals surface area contributed by atoms with Gasteiger partial charge in [-0.2, -0.15) is 5.10 Å². The summed E-state index contributed by atoms with van der Waals surface area (Å²) in [6.07, 6.45) is 7.68. The summed E-state index contributed by atoms with van der Waals surface area (Å²) in [6.45, 7) is 1.91. The maximum Gasteiger partial charge on any atom is 0.119 e. The first-order valence-corrected chi connectivity index (χ1v) is 7.61. The molecular formula is C17H23N3O. The van der Waals surface area contributed by atoms with Crippen molar-refractivity contribution < 1.29 is 4.74 Å². The summed E-state index contributed by atoms with van der Waals surface area (Å²) in [5.74, 6) is 1.58. The molecule has 0 radical (unpaired) electrons. The molecule has 1 aliphatic rings. The van der Waals surface area contributed by atoms with E-state index in [-0.39, 0.29) is 0 Å². The zero-order valence-corrected chi connectivity index (χ0v) is 12.8. The van der Waals surface area contributed by atoms with Gasteiger partial charge < -0.3 is 10.1 Å². The third kappa shape index (κ3) is 3.27. The van der Waals surface area contributed by atoms with Crippen molar-refractivity contribution in [2.75, 3.05) is 13.7 Å². The summed E-state index contributed by atoms with van der Waals surface area (Å²) in [4.78, 5) is 0. The zero-order chi connectivity index (χ0) is 14.7. The number of hydrogen-bond donors (Lipinski definition) is 1. The van der Waals surface area contributed by atoms with E-state index in [1.54, 1.807) is 7.11 Å². The second-order valence-electron chi connectivity index (χ2n) is 5.81. The van der Waals surface area contributed by atoms with Crippen LogP contribution in [-0.4, -0.2) is 23.4 Å². The van der Waals surface area contributed by atoms with Crippen LogP contribution in [0.4, 0.5) is 0 Å². The van der Waals surface area contributed by atoms with Crippen molar-refractivity contribution in [1.29, 1.82) is 0 Å². The SMILES string of the molecule is COc1ccc2c(c1)CCC[C@H]2CNCc1cnn(C)c1. The molecule has 0 aliphatic heterocycles. The fraction of sp³-hybridized carbons (Fsp3) is 0.471.